The van der Waals surface area contributed by atoms with Gasteiger partial charge in [-0.2, -0.15) is 0 Å². The maximum Gasteiger partial charge on any atom is 0.0902 e. The van der Waals surface area contributed by atoms with Gasteiger partial charge in [0, 0.05) is 21.8 Å². The van der Waals surface area contributed by atoms with Gasteiger partial charge in [0.2, 0.25) is 0 Å². The van der Waals surface area contributed by atoms with E-state index in [0.717, 1.165) is 0 Å². The molecule has 1 aromatic heterocycles. The van der Waals surface area contributed by atoms with Crippen molar-refractivity contribution in [1.29, 1.82) is 0 Å². The number of para-hydroxylation sites is 2. The summed E-state index contributed by atoms with van der Waals surface area (Å²) in [5.41, 5.74) is 2.56. The highest BCUT2D eigenvalue weighted by Gasteiger charge is 2.08. The standard InChI is InChI=1S/C18H15NSi/c1-2-7-13(8-3-1)20-17-12-6-10-15-14-9-4-5-11-16(14)19-18(15)17/h1-12,19H,20H2. The molecule has 0 amide bonds. The van der Waals surface area contributed by atoms with E-state index in [1.165, 1.54) is 32.2 Å². The molecule has 96 valence electrons. The molecule has 1 N–H and O–H groups in total. The summed E-state index contributed by atoms with van der Waals surface area (Å²) >= 11 is 0. The summed E-state index contributed by atoms with van der Waals surface area (Å²) in [6.07, 6.45) is 0. The second kappa shape index (κ2) is 4.65. The van der Waals surface area contributed by atoms with Crippen LogP contribution in [0, 0.1) is 0 Å². The lowest BCUT2D eigenvalue weighted by Gasteiger charge is -2.03. The average Bonchev–Trinajstić information content (AvgIpc) is 2.88. The Morgan fingerprint density at radius 3 is 2.30 bits per heavy atom. The number of aromatic amines is 1. The lowest BCUT2D eigenvalue weighted by molar-refractivity contribution is 1.56. The first kappa shape index (κ1) is 11.5. The quantitative estimate of drug-likeness (QED) is 0.540. The molecule has 0 unspecified atom stereocenters. The van der Waals surface area contributed by atoms with E-state index in [9.17, 15) is 0 Å². The van der Waals surface area contributed by atoms with E-state index in [2.05, 4.69) is 77.8 Å². The molecule has 0 fully saturated rings. The van der Waals surface area contributed by atoms with Crippen molar-refractivity contribution in [3.8, 4) is 0 Å². The van der Waals surface area contributed by atoms with Crippen molar-refractivity contribution < 1.29 is 0 Å². The zero-order valence-corrected chi connectivity index (χ0v) is 12.5. The number of fused-ring (bicyclic) bond motifs is 3. The maximum atomic E-state index is 3.60. The first-order valence-corrected chi connectivity index (χ1v) is 8.35. The molecule has 2 heteroatoms. The third-order valence-electron chi connectivity index (χ3n) is 3.87. The van der Waals surface area contributed by atoms with Crippen LogP contribution in [0.15, 0.2) is 72.8 Å². The molecule has 0 saturated heterocycles. The number of hydrogen-bond donors (Lipinski definition) is 1. The highest BCUT2D eigenvalue weighted by molar-refractivity contribution is 6.69. The molecular formula is C18H15NSi. The van der Waals surface area contributed by atoms with Crippen LogP contribution in [0.2, 0.25) is 0 Å². The molecule has 3 aromatic carbocycles. The summed E-state index contributed by atoms with van der Waals surface area (Å²) in [6, 6.07) is 26.1. The topological polar surface area (TPSA) is 15.8 Å². The molecule has 0 atom stereocenters. The zero-order chi connectivity index (χ0) is 13.4. The molecule has 1 heterocycles. The average molecular weight is 273 g/mol. The third kappa shape index (κ3) is 1.85. The van der Waals surface area contributed by atoms with Crippen LogP contribution in [0.3, 0.4) is 0 Å². The second-order valence-corrected chi connectivity index (χ2v) is 7.10. The minimum atomic E-state index is -0.433. The van der Waals surface area contributed by atoms with E-state index in [-0.39, 0.29) is 0 Å². The van der Waals surface area contributed by atoms with E-state index < -0.39 is 9.52 Å². The van der Waals surface area contributed by atoms with Gasteiger partial charge in [-0.3, -0.25) is 0 Å². The van der Waals surface area contributed by atoms with Gasteiger partial charge in [0.15, 0.2) is 0 Å². The summed E-state index contributed by atoms with van der Waals surface area (Å²) in [5.74, 6) is 0. The third-order valence-corrected chi connectivity index (χ3v) is 5.71. The van der Waals surface area contributed by atoms with Crippen molar-refractivity contribution in [2.75, 3.05) is 0 Å². The molecule has 0 aliphatic rings. The molecule has 0 spiro atoms. The number of aromatic nitrogens is 1. The smallest absolute Gasteiger partial charge is 0.0902 e. The summed E-state index contributed by atoms with van der Waals surface area (Å²) in [4.78, 5) is 3.60. The Hall–Kier alpha value is -2.32. The van der Waals surface area contributed by atoms with Gasteiger partial charge in [-0.05, 0) is 11.3 Å². The summed E-state index contributed by atoms with van der Waals surface area (Å²) in [6.45, 7) is 0. The monoisotopic (exact) mass is 273 g/mol. The SMILES string of the molecule is c1ccc([SiH2]c2cccc3c2[nH]c2ccccc23)cc1. The van der Waals surface area contributed by atoms with Crippen molar-refractivity contribution in [1.82, 2.24) is 4.98 Å². The predicted octanol–water partition coefficient (Wildman–Crippen LogP) is 2.44. The van der Waals surface area contributed by atoms with E-state index >= 15 is 0 Å². The minimum absolute atomic E-state index is 0.433. The maximum absolute atomic E-state index is 3.60. The van der Waals surface area contributed by atoms with Crippen molar-refractivity contribution in [2.45, 2.75) is 0 Å². The Morgan fingerprint density at radius 1 is 0.650 bits per heavy atom. The van der Waals surface area contributed by atoms with Crippen LogP contribution >= 0.6 is 0 Å². The molecule has 4 aromatic rings. The van der Waals surface area contributed by atoms with Crippen molar-refractivity contribution in [3.05, 3.63) is 72.8 Å². The molecule has 0 aliphatic carbocycles. The Balaban J connectivity index is 1.91. The first-order chi connectivity index (χ1) is 9.92. The Bertz CT molecular complexity index is 878. The largest absolute Gasteiger partial charge is 0.355 e. The summed E-state index contributed by atoms with van der Waals surface area (Å²) in [7, 11) is -0.433. The van der Waals surface area contributed by atoms with Gasteiger partial charge in [0.25, 0.3) is 0 Å². The Morgan fingerprint density at radius 2 is 1.40 bits per heavy atom. The summed E-state index contributed by atoms with van der Waals surface area (Å²) < 4.78 is 0. The number of hydrogen-bond acceptors (Lipinski definition) is 0. The molecule has 0 bridgehead atoms. The molecule has 20 heavy (non-hydrogen) atoms. The number of nitrogens with one attached hydrogen (secondary N) is 1. The molecular weight excluding hydrogens is 258 g/mol. The van der Waals surface area contributed by atoms with Gasteiger partial charge in [-0.25, -0.2) is 0 Å². The highest BCUT2D eigenvalue weighted by Crippen LogP contribution is 2.23. The van der Waals surface area contributed by atoms with Crippen LogP contribution in [0.25, 0.3) is 21.8 Å². The van der Waals surface area contributed by atoms with Gasteiger partial charge in [-0.1, -0.05) is 71.9 Å². The molecule has 1 nitrogen and oxygen atoms in total. The van der Waals surface area contributed by atoms with Crippen LogP contribution in [-0.4, -0.2) is 14.5 Å². The van der Waals surface area contributed by atoms with E-state index in [1.54, 1.807) is 0 Å². The number of benzene rings is 3. The van der Waals surface area contributed by atoms with Crippen LogP contribution in [0.4, 0.5) is 0 Å². The Kier molecular flexibility index (Phi) is 2.68. The molecule has 0 aliphatic heterocycles. The van der Waals surface area contributed by atoms with Gasteiger partial charge < -0.3 is 4.98 Å². The highest BCUT2D eigenvalue weighted by atomic mass is 28.2. The first-order valence-electron chi connectivity index (χ1n) is 6.94. The van der Waals surface area contributed by atoms with E-state index in [1.807, 2.05) is 0 Å². The van der Waals surface area contributed by atoms with Gasteiger partial charge in [0.1, 0.15) is 0 Å². The minimum Gasteiger partial charge on any atom is -0.355 e. The van der Waals surface area contributed by atoms with Gasteiger partial charge >= 0.3 is 0 Å². The lowest BCUT2D eigenvalue weighted by Crippen LogP contribution is -2.27. The number of rotatable bonds is 2. The normalized spacial score (nSPS) is 11.8. The molecule has 0 radical (unpaired) electrons. The van der Waals surface area contributed by atoms with Crippen LogP contribution < -0.4 is 10.4 Å². The van der Waals surface area contributed by atoms with E-state index in [0.29, 0.717) is 0 Å². The van der Waals surface area contributed by atoms with Crippen molar-refractivity contribution in [3.63, 3.8) is 0 Å². The fourth-order valence-corrected chi connectivity index (χ4v) is 4.55. The predicted molar refractivity (Wildman–Crippen MR) is 90.1 cm³/mol. The van der Waals surface area contributed by atoms with Gasteiger partial charge in [-0.15, -0.1) is 0 Å². The zero-order valence-electron chi connectivity index (χ0n) is 11.1. The lowest BCUT2D eigenvalue weighted by atomic mass is 10.1. The Labute approximate surface area is 120 Å². The number of H-pyrrole nitrogens is 1. The fraction of sp³-hybridized carbons (Fsp3) is 0. The second-order valence-electron chi connectivity index (χ2n) is 5.17. The van der Waals surface area contributed by atoms with E-state index in [4.69, 9.17) is 0 Å². The van der Waals surface area contributed by atoms with Crippen LogP contribution in [0.1, 0.15) is 0 Å². The van der Waals surface area contributed by atoms with Crippen molar-refractivity contribution >= 4 is 41.7 Å². The fourth-order valence-electron chi connectivity index (χ4n) is 2.90. The van der Waals surface area contributed by atoms with Gasteiger partial charge in [0.05, 0.1) is 9.52 Å². The van der Waals surface area contributed by atoms with Crippen LogP contribution in [0.5, 0.6) is 0 Å². The molecule has 0 saturated carbocycles. The molecule has 4 rings (SSSR count). The van der Waals surface area contributed by atoms with Crippen LogP contribution in [-0.2, 0) is 0 Å². The van der Waals surface area contributed by atoms with Crippen molar-refractivity contribution in [2.24, 2.45) is 0 Å². The summed E-state index contributed by atoms with van der Waals surface area (Å²) in [5, 5.41) is 5.65.